The van der Waals surface area contributed by atoms with Gasteiger partial charge in [-0.25, -0.2) is 4.39 Å². The second-order valence-electron chi connectivity index (χ2n) is 4.84. The molecule has 1 aliphatic rings. The smallest absolute Gasteiger partial charge is 0.305 e. The van der Waals surface area contributed by atoms with Crippen LogP contribution < -0.4 is 5.32 Å². The van der Waals surface area contributed by atoms with Gasteiger partial charge in [0.05, 0.1) is 12.5 Å². The average molecular weight is 265 g/mol. The summed E-state index contributed by atoms with van der Waals surface area (Å²) in [5.41, 5.74) is 0.482. The number of amides is 1. The highest BCUT2D eigenvalue weighted by molar-refractivity contribution is 5.80. The van der Waals surface area contributed by atoms with E-state index < -0.39 is 17.8 Å². The number of hydrogen-bond donors (Lipinski definition) is 2. The van der Waals surface area contributed by atoms with Crippen molar-refractivity contribution in [2.75, 3.05) is 0 Å². The fourth-order valence-corrected chi connectivity index (χ4v) is 2.11. The molecule has 19 heavy (non-hydrogen) atoms. The lowest BCUT2D eigenvalue weighted by Crippen LogP contribution is -2.37. The van der Waals surface area contributed by atoms with Crippen LogP contribution in [0, 0.1) is 11.7 Å². The Labute approximate surface area is 110 Å². The molecule has 0 unspecified atom stereocenters. The summed E-state index contributed by atoms with van der Waals surface area (Å²) in [6, 6.07) is 5.00. The number of carboxylic acid groups (broad SMARTS) is 1. The maximum atomic E-state index is 13.2. The highest BCUT2D eigenvalue weighted by atomic mass is 19.1. The minimum atomic E-state index is -1.02. The first-order valence-electron chi connectivity index (χ1n) is 6.34. The number of nitrogens with one attached hydrogen (secondary N) is 1. The van der Waals surface area contributed by atoms with E-state index >= 15 is 0 Å². The maximum Gasteiger partial charge on any atom is 0.305 e. The molecule has 2 rings (SSSR count). The van der Waals surface area contributed by atoms with Gasteiger partial charge in [0.1, 0.15) is 5.82 Å². The highest BCUT2D eigenvalue weighted by Crippen LogP contribution is 2.28. The summed E-state index contributed by atoms with van der Waals surface area (Å²) in [6.45, 7) is 0. The van der Waals surface area contributed by atoms with E-state index in [0.29, 0.717) is 5.56 Å². The Hall–Kier alpha value is -1.91. The molecule has 0 bridgehead atoms. The van der Waals surface area contributed by atoms with Crippen LogP contribution in [-0.2, 0) is 9.59 Å². The summed E-state index contributed by atoms with van der Waals surface area (Å²) in [5, 5.41) is 11.6. The van der Waals surface area contributed by atoms with Gasteiger partial charge in [-0.3, -0.25) is 9.59 Å². The minimum Gasteiger partial charge on any atom is -0.481 e. The first-order chi connectivity index (χ1) is 9.06. The second-order valence-corrected chi connectivity index (χ2v) is 4.84. The van der Waals surface area contributed by atoms with Gasteiger partial charge in [-0.15, -0.1) is 0 Å². The Morgan fingerprint density at radius 3 is 2.68 bits per heavy atom. The van der Waals surface area contributed by atoms with Gasteiger partial charge in [-0.1, -0.05) is 18.6 Å². The fourth-order valence-electron chi connectivity index (χ4n) is 2.11. The van der Waals surface area contributed by atoms with Crippen molar-refractivity contribution in [2.24, 2.45) is 5.92 Å². The quantitative estimate of drug-likeness (QED) is 0.858. The van der Waals surface area contributed by atoms with Crippen molar-refractivity contribution in [3.8, 4) is 0 Å². The van der Waals surface area contributed by atoms with Crippen molar-refractivity contribution in [1.82, 2.24) is 5.32 Å². The molecule has 102 valence electrons. The van der Waals surface area contributed by atoms with Gasteiger partial charge in [0.25, 0.3) is 0 Å². The van der Waals surface area contributed by atoms with Gasteiger partial charge in [-0.05, 0) is 30.5 Å². The number of carboxylic acids is 1. The van der Waals surface area contributed by atoms with Crippen LogP contribution >= 0.6 is 0 Å². The number of benzene rings is 1. The van der Waals surface area contributed by atoms with E-state index in [2.05, 4.69) is 5.32 Å². The second kappa shape index (κ2) is 5.82. The number of hydrogen-bond acceptors (Lipinski definition) is 2. The maximum absolute atomic E-state index is 13.2. The van der Waals surface area contributed by atoms with Crippen molar-refractivity contribution < 1.29 is 19.1 Å². The van der Waals surface area contributed by atoms with Crippen LogP contribution in [0.4, 0.5) is 4.39 Å². The summed E-state index contributed by atoms with van der Waals surface area (Å²) >= 11 is 0. The number of carbonyl (C=O) groups excluding carboxylic acids is 1. The van der Waals surface area contributed by atoms with Crippen molar-refractivity contribution in [3.05, 3.63) is 35.6 Å². The number of carbonyl (C=O) groups is 2. The fraction of sp³-hybridized carbons (Fsp3) is 0.429. The van der Waals surface area contributed by atoms with Gasteiger partial charge >= 0.3 is 5.97 Å². The van der Waals surface area contributed by atoms with E-state index in [1.54, 1.807) is 6.07 Å². The minimum absolute atomic E-state index is 0.0233. The van der Waals surface area contributed by atoms with Crippen molar-refractivity contribution in [2.45, 2.75) is 31.7 Å². The Kier molecular flexibility index (Phi) is 4.14. The standard InChI is InChI=1S/C14H16FNO3/c15-11-6-2-5-10(7-11)12(8-13(17)18)16-14(19)9-3-1-4-9/h2,5-7,9,12H,1,3-4,8H2,(H,16,19)(H,17,18)/t12-/m0/s1. The van der Waals surface area contributed by atoms with Crippen LogP contribution in [-0.4, -0.2) is 17.0 Å². The molecule has 1 aliphatic carbocycles. The molecule has 0 aromatic heterocycles. The van der Waals surface area contributed by atoms with E-state index in [-0.39, 0.29) is 18.2 Å². The lowest BCUT2D eigenvalue weighted by molar-refractivity contribution is -0.138. The SMILES string of the molecule is O=C(O)C[C@H](NC(=O)C1CCC1)c1cccc(F)c1. The molecule has 1 saturated carbocycles. The number of halogens is 1. The molecule has 1 amide bonds. The molecule has 2 N–H and O–H groups in total. The monoisotopic (exact) mass is 265 g/mol. The molecule has 1 fully saturated rings. The Balaban J connectivity index is 2.10. The molecule has 0 aliphatic heterocycles. The Morgan fingerprint density at radius 1 is 1.42 bits per heavy atom. The zero-order valence-corrected chi connectivity index (χ0v) is 10.4. The van der Waals surface area contributed by atoms with Crippen molar-refractivity contribution >= 4 is 11.9 Å². The van der Waals surface area contributed by atoms with Crippen LogP contribution in [0.15, 0.2) is 24.3 Å². The number of aliphatic carboxylic acids is 1. The lowest BCUT2D eigenvalue weighted by Gasteiger charge is -2.27. The van der Waals surface area contributed by atoms with Gasteiger partial charge in [0.15, 0.2) is 0 Å². The summed E-state index contributed by atoms with van der Waals surface area (Å²) in [5.74, 6) is -1.62. The van der Waals surface area contributed by atoms with Gasteiger partial charge in [0, 0.05) is 5.92 Å². The summed E-state index contributed by atoms with van der Waals surface area (Å²) in [6.07, 6.45) is 2.47. The van der Waals surface area contributed by atoms with E-state index in [9.17, 15) is 14.0 Å². The summed E-state index contributed by atoms with van der Waals surface area (Å²) in [4.78, 5) is 22.7. The van der Waals surface area contributed by atoms with E-state index in [4.69, 9.17) is 5.11 Å². The third kappa shape index (κ3) is 3.53. The van der Waals surface area contributed by atoms with Gasteiger partial charge < -0.3 is 10.4 Å². The molecular formula is C14H16FNO3. The Bertz CT molecular complexity index is 485. The molecule has 1 aromatic rings. The molecule has 0 spiro atoms. The topological polar surface area (TPSA) is 66.4 Å². The molecule has 5 heteroatoms. The Morgan fingerprint density at radius 2 is 2.16 bits per heavy atom. The van der Waals surface area contributed by atoms with Crippen LogP contribution in [0.3, 0.4) is 0 Å². The van der Waals surface area contributed by atoms with Crippen LogP contribution in [0.2, 0.25) is 0 Å². The van der Waals surface area contributed by atoms with E-state index in [1.807, 2.05) is 0 Å². The van der Waals surface area contributed by atoms with E-state index in [1.165, 1.54) is 18.2 Å². The molecule has 1 atom stereocenters. The summed E-state index contributed by atoms with van der Waals surface area (Å²) in [7, 11) is 0. The zero-order valence-electron chi connectivity index (χ0n) is 10.4. The largest absolute Gasteiger partial charge is 0.481 e. The molecule has 0 heterocycles. The molecule has 0 saturated heterocycles. The zero-order chi connectivity index (χ0) is 13.8. The average Bonchev–Trinajstić information content (AvgIpc) is 2.25. The van der Waals surface area contributed by atoms with Crippen LogP contribution in [0.5, 0.6) is 0 Å². The normalized spacial score (nSPS) is 16.5. The first-order valence-corrected chi connectivity index (χ1v) is 6.34. The van der Waals surface area contributed by atoms with Crippen molar-refractivity contribution in [3.63, 3.8) is 0 Å². The molecule has 1 aromatic carbocycles. The third-order valence-electron chi connectivity index (χ3n) is 3.42. The van der Waals surface area contributed by atoms with Crippen molar-refractivity contribution in [1.29, 1.82) is 0 Å². The highest BCUT2D eigenvalue weighted by Gasteiger charge is 2.28. The first kappa shape index (κ1) is 13.5. The summed E-state index contributed by atoms with van der Waals surface area (Å²) < 4.78 is 13.2. The molecular weight excluding hydrogens is 249 g/mol. The van der Waals surface area contributed by atoms with Gasteiger partial charge in [0.2, 0.25) is 5.91 Å². The van der Waals surface area contributed by atoms with Crippen LogP contribution in [0.25, 0.3) is 0 Å². The molecule has 4 nitrogen and oxygen atoms in total. The predicted octanol–water partition coefficient (Wildman–Crippen LogP) is 2.26. The number of rotatable bonds is 5. The lowest BCUT2D eigenvalue weighted by atomic mass is 9.84. The predicted molar refractivity (Wildman–Crippen MR) is 66.9 cm³/mol. The van der Waals surface area contributed by atoms with E-state index in [0.717, 1.165) is 19.3 Å². The van der Waals surface area contributed by atoms with Crippen LogP contribution in [0.1, 0.15) is 37.3 Å². The molecule has 0 radical (unpaired) electrons. The van der Waals surface area contributed by atoms with Gasteiger partial charge in [-0.2, -0.15) is 0 Å². The third-order valence-corrected chi connectivity index (χ3v) is 3.42.